The Balaban J connectivity index is 0.00000288. The van der Waals surface area contributed by atoms with Crippen molar-refractivity contribution in [2.75, 3.05) is 27.2 Å². The van der Waals surface area contributed by atoms with Gasteiger partial charge in [-0.2, -0.15) is 0 Å². The Morgan fingerprint density at radius 2 is 1.83 bits per heavy atom. The van der Waals surface area contributed by atoms with E-state index in [-0.39, 0.29) is 12.4 Å². The molecule has 2 rings (SSSR count). The summed E-state index contributed by atoms with van der Waals surface area (Å²) in [6.07, 6.45) is 6.54. The Morgan fingerprint density at radius 1 is 1.12 bits per heavy atom. The van der Waals surface area contributed by atoms with Crippen LogP contribution in [0.4, 0.5) is 0 Å². The Bertz CT molecular complexity index is 655. The first-order valence-corrected chi connectivity index (χ1v) is 8.17. The Labute approximate surface area is 159 Å². The Morgan fingerprint density at radius 3 is 2.50 bits per heavy atom. The van der Waals surface area contributed by atoms with Crippen molar-refractivity contribution in [3.05, 3.63) is 57.8 Å². The molecule has 1 aromatic carbocycles. The van der Waals surface area contributed by atoms with E-state index in [9.17, 15) is 0 Å². The number of halogens is 3. The summed E-state index contributed by atoms with van der Waals surface area (Å²) in [6.45, 7) is 1.65. The van der Waals surface area contributed by atoms with Crippen LogP contribution in [0, 0.1) is 0 Å². The van der Waals surface area contributed by atoms with E-state index >= 15 is 0 Å². The zero-order valence-electron chi connectivity index (χ0n) is 13.7. The molecule has 24 heavy (non-hydrogen) atoms. The molecule has 0 N–H and O–H groups in total. The van der Waals surface area contributed by atoms with Gasteiger partial charge in [0, 0.05) is 22.8 Å². The summed E-state index contributed by atoms with van der Waals surface area (Å²) in [7, 11) is 4.10. The normalized spacial score (nSPS) is 10.9. The van der Waals surface area contributed by atoms with Gasteiger partial charge in [-0.15, -0.1) is 12.4 Å². The molecule has 0 unspecified atom stereocenters. The molecule has 0 bridgehead atoms. The molecule has 0 aliphatic carbocycles. The minimum absolute atomic E-state index is 0. The maximum Gasteiger partial charge on any atom is 0.144 e. The molecule has 0 radical (unpaired) electrons. The van der Waals surface area contributed by atoms with E-state index in [0.29, 0.717) is 16.7 Å². The van der Waals surface area contributed by atoms with Crippen LogP contribution in [0.25, 0.3) is 12.2 Å². The van der Waals surface area contributed by atoms with Crippen LogP contribution in [0.5, 0.6) is 5.75 Å². The van der Waals surface area contributed by atoms with Crippen molar-refractivity contribution in [2.24, 2.45) is 0 Å². The molecule has 130 valence electrons. The quantitative estimate of drug-likeness (QED) is 0.602. The fourth-order valence-electron chi connectivity index (χ4n) is 2.06. The van der Waals surface area contributed by atoms with E-state index in [0.717, 1.165) is 30.0 Å². The zero-order chi connectivity index (χ0) is 16.7. The monoisotopic (exact) mass is 386 g/mol. The number of hydrogen-bond donors (Lipinski definition) is 0. The molecule has 0 atom stereocenters. The average Bonchev–Trinajstić information content (AvgIpc) is 2.49. The average molecular weight is 388 g/mol. The van der Waals surface area contributed by atoms with Crippen molar-refractivity contribution in [1.82, 2.24) is 9.88 Å². The lowest BCUT2D eigenvalue weighted by Crippen LogP contribution is -2.15. The topological polar surface area (TPSA) is 25.4 Å². The zero-order valence-corrected chi connectivity index (χ0v) is 16.0. The summed E-state index contributed by atoms with van der Waals surface area (Å²) in [5, 5.41) is 1.22. The van der Waals surface area contributed by atoms with Gasteiger partial charge in [-0.3, -0.25) is 4.98 Å². The second-order valence-corrected chi connectivity index (χ2v) is 6.30. The maximum atomic E-state index is 6.01. The highest BCUT2D eigenvalue weighted by molar-refractivity contribution is 6.34. The minimum atomic E-state index is 0. The largest absolute Gasteiger partial charge is 0.491 e. The SMILES string of the molecule is CN(C)CCCOc1cccnc1C=Cc1cc(Cl)cc(Cl)c1.Cl. The van der Waals surface area contributed by atoms with Crippen molar-refractivity contribution < 1.29 is 4.74 Å². The molecular weight excluding hydrogens is 367 g/mol. The Hall–Kier alpha value is -1.26. The number of aromatic nitrogens is 1. The van der Waals surface area contributed by atoms with Crippen molar-refractivity contribution in [3.63, 3.8) is 0 Å². The van der Waals surface area contributed by atoms with Crippen molar-refractivity contribution in [3.8, 4) is 5.75 Å². The van der Waals surface area contributed by atoms with Crippen LogP contribution in [-0.2, 0) is 0 Å². The van der Waals surface area contributed by atoms with E-state index in [1.165, 1.54) is 0 Å². The molecule has 0 saturated heterocycles. The van der Waals surface area contributed by atoms with Gasteiger partial charge >= 0.3 is 0 Å². The van der Waals surface area contributed by atoms with Crippen molar-refractivity contribution in [1.29, 1.82) is 0 Å². The first-order valence-electron chi connectivity index (χ1n) is 7.41. The van der Waals surface area contributed by atoms with E-state index in [1.807, 2.05) is 50.5 Å². The highest BCUT2D eigenvalue weighted by atomic mass is 35.5. The maximum absolute atomic E-state index is 6.01. The van der Waals surface area contributed by atoms with Gasteiger partial charge in [-0.25, -0.2) is 0 Å². The fraction of sp³-hybridized carbons (Fsp3) is 0.278. The highest BCUT2D eigenvalue weighted by Gasteiger charge is 2.02. The lowest BCUT2D eigenvalue weighted by molar-refractivity contribution is 0.280. The molecule has 6 heteroatoms. The molecule has 2 aromatic rings. The van der Waals surface area contributed by atoms with Crippen LogP contribution in [0.1, 0.15) is 17.7 Å². The number of nitrogens with zero attached hydrogens (tertiary/aromatic N) is 2. The number of hydrogen-bond acceptors (Lipinski definition) is 3. The van der Waals surface area contributed by atoms with Crippen LogP contribution < -0.4 is 4.74 Å². The van der Waals surface area contributed by atoms with Gasteiger partial charge < -0.3 is 9.64 Å². The molecule has 1 heterocycles. The van der Waals surface area contributed by atoms with Gasteiger partial charge in [0.15, 0.2) is 0 Å². The molecule has 0 amide bonds. The van der Waals surface area contributed by atoms with Crippen LogP contribution in [0.3, 0.4) is 0 Å². The predicted octanol–water partition coefficient (Wildman–Crippen LogP) is 5.31. The molecule has 1 aromatic heterocycles. The third-order valence-electron chi connectivity index (χ3n) is 3.13. The molecule has 0 aliphatic heterocycles. The summed E-state index contributed by atoms with van der Waals surface area (Å²) in [5.74, 6) is 0.774. The number of benzene rings is 1. The molecule has 0 aliphatic rings. The molecular formula is C18H21Cl3N2O. The molecule has 0 spiro atoms. The van der Waals surface area contributed by atoms with Gasteiger partial charge in [-0.05, 0) is 62.5 Å². The summed E-state index contributed by atoms with van der Waals surface area (Å²) in [4.78, 5) is 6.50. The first-order chi connectivity index (χ1) is 11.0. The predicted molar refractivity (Wildman–Crippen MR) is 106 cm³/mol. The van der Waals surface area contributed by atoms with Crippen LogP contribution in [0.2, 0.25) is 10.0 Å². The summed E-state index contributed by atoms with van der Waals surface area (Å²) < 4.78 is 5.83. The van der Waals surface area contributed by atoms with E-state index in [1.54, 1.807) is 12.3 Å². The summed E-state index contributed by atoms with van der Waals surface area (Å²) in [5.41, 5.74) is 1.71. The Kier molecular flexibility index (Phi) is 9.16. The van der Waals surface area contributed by atoms with Crippen LogP contribution >= 0.6 is 35.6 Å². The van der Waals surface area contributed by atoms with Crippen LogP contribution in [0.15, 0.2) is 36.5 Å². The van der Waals surface area contributed by atoms with E-state index in [4.69, 9.17) is 27.9 Å². The smallest absolute Gasteiger partial charge is 0.144 e. The van der Waals surface area contributed by atoms with Gasteiger partial charge in [0.05, 0.1) is 6.61 Å². The van der Waals surface area contributed by atoms with Crippen molar-refractivity contribution >= 4 is 47.8 Å². The number of rotatable bonds is 7. The van der Waals surface area contributed by atoms with E-state index in [2.05, 4.69) is 9.88 Å². The van der Waals surface area contributed by atoms with Gasteiger partial charge in [0.1, 0.15) is 11.4 Å². The lowest BCUT2D eigenvalue weighted by Gasteiger charge is -2.11. The second-order valence-electron chi connectivity index (χ2n) is 5.43. The molecule has 0 saturated carbocycles. The van der Waals surface area contributed by atoms with Crippen LogP contribution in [-0.4, -0.2) is 37.1 Å². The third kappa shape index (κ3) is 7.10. The second kappa shape index (κ2) is 10.6. The summed E-state index contributed by atoms with van der Waals surface area (Å²) >= 11 is 12.0. The first kappa shape index (κ1) is 20.8. The number of ether oxygens (including phenoxy) is 1. The number of pyridine rings is 1. The highest BCUT2D eigenvalue weighted by Crippen LogP contribution is 2.22. The lowest BCUT2D eigenvalue weighted by atomic mass is 10.2. The van der Waals surface area contributed by atoms with Gasteiger partial charge in [0.25, 0.3) is 0 Å². The minimum Gasteiger partial charge on any atom is -0.491 e. The molecule has 3 nitrogen and oxygen atoms in total. The molecule has 0 fully saturated rings. The van der Waals surface area contributed by atoms with Gasteiger partial charge in [-0.1, -0.05) is 29.3 Å². The summed E-state index contributed by atoms with van der Waals surface area (Å²) in [6, 6.07) is 9.21. The fourth-order valence-corrected chi connectivity index (χ4v) is 2.60. The van der Waals surface area contributed by atoms with E-state index < -0.39 is 0 Å². The van der Waals surface area contributed by atoms with Crippen molar-refractivity contribution in [2.45, 2.75) is 6.42 Å². The standard InChI is InChI=1S/C18H20Cl2N2O.ClH/c1-22(2)9-4-10-23-18-5-3-8-21-17(18)7-6-14-11-15(19)13-16(20)12-14;/h3,5-8,11-13H,4,9-10H2,1-2H3;1H. The van der Waals surface area contributed by atoms with Gasteiger partial charge in [0.2, 0.25) is 0 Å². The third-order valence-corrected chi connectivity index (χ3v) is 3.56.